The number of rotatable bonds is 2. The number of aromatic nitrogens is 4. The van der Waals surface area contributed by atoms with Crippen LogP contribution in [0.2, 0.25) is 0 Å². The standard InChI is InChI=1S/C54H32N4/c1-4-17-37-34(14-1)35-15-2-5-18-38(35)43-24-12-25-44-47-32-33(28-29-40(47)36-16-3-6-19-39(36)42-23-11-22-41(37)50(42)51(43)44)57-48-26-9-7-20-45(48)53-52(57)46-21-8-10-27-49(46)58(53)54-55-30-13-31-56-54/h1-32H. The Morgan fingerprint density at radius 2 is 0.638 bits per heavy atom. The van der Waals surface area contributed by atoms with Crippen molar-refractivity contribution in [3.8, 4) is 22.8 Å². The molecule has 0 N–H and O–H groups in total. The van der Waals surface area contributed by atoms with Crippen LogP contribution in [-0.4, -0.2) is 19.1 Å². The van der Waals surface area contributed by atoms with Gasteiger partial charge in [0.15, 0.2) is 0 Å². The summed E-state index contributed by atoms with van der Waals surface area (Å²) in [6, 6.07) is 66.9. The summed E-state index contributed by atoms with van der Waals surface area (Å²) in [6.45, 7) is 0. The summed E-state index contributed by atoms with van der Waals surface area (Å²) in [7, 11) is 0. The molecule has 58 heavy (non-hydrogen) atoms. The summed E-state index contributed by atoms with van der Waals surface area (Å²) in [5, 5.41) is 17.1. The number of hydrogen-bond donors (Lipinski definition) is 0. The highest BCUT2D eigenvalue weighted by Crippen LogP contribution is 2.48. The van der Waals surface area contributed by atoms with E-state index >= 15 is 0 Å². The van der Waals surface area contributed by atoms with E-state index in [1.807, 2.05) is 18.5 Å². The number of benzene rings is 8. The third-order valence-corrected chi connectivity index (χ3v) is 12.4. The molecule has 11 aromatic rings. The summed E-state index contributed by atoms with van der Waals surface area (Å²) in [4.78, 5) is 9.52. The lowest BCUT2D eigenvalue weighted by Gasteiger charge is -2.20. The summed E-state index contributed by atoms with van der Waals surface area (Å²) in [6.07, 6.45) is 3.64. The first kappa shape index (κ1) is 31.4. The van der Waals surface area contributed by atoms with Gasteiger partial charge in [0, 0.05) is 28.9 Å². The minimum absolute atomic E-state index is 0.658. The Morgan fingerprint density at radius 1 is 0.276 bits per heavy atom. The Hall–Kier alpha value is -7.82. The minimum Gasteiger partial charge on any atom is -0.307 e. The zero-order valence-electron chi connectivity index (χ0n) is 31.3. The lowest BCUT2D eigenvalue weighted by atomic mass is 9.84. The van der Waals surface area contributed by atoms with Crippen LogP contribution in [0, 0.1) is 0 Å². The first-order chi connectivity index (χ1) is 28.8. The van der Waals surface area contributed by atoms with Gasteiger partial charge >= 0.3 is 0 Å². The smallest absolute Gasteiger partial charge is 0.234 e. The highest BCUT2D eigenvalue weighted by molar-refractivity contribution is 6.32. The van der Waals surface area contributed by atoms with Crippen molar-refractivity contribution in [2.24, 2.45) is 0 Å². The molecule has 268 valence electrons. The second kappa shape index (κ2) is 11.8. The van der Waals surface area contributed by atoms with E-state index < -0.39 is 0 Å². The predicted molar refractivity (Wildman–Crippen MR) is 244 cm³/mol. The van der Waals surface area contributed by atoms with Crippen LogP contribution < -0.4 is 0 Å². The Bertz CT molecular complexity index is 3850. The van der Waals surface area contributed by atoms with Gasteiger partial charge in [-0.2, -0.15) is 0 Å². The molecular formula is C54H32N4. The molecule has 3 heterocycles. The van der Waals surface area contributed by atoms with Crippen molar-refractivity contribution in [2.45, 2.75) is 0 Å². The highest BCUT2D eigenvalue weighted by atomic mass is 15.2. The van der Waals surface area contributed by atoms with E-state index in [2.05, 4.69) is 185 Å². The monoisotopic (exact) mass is 736 g/mol. The van der Waals surface area contributed by atoms with Gasteiger partial charge in [-0.1, -0.05) is 152 Å². The van der Waals surface area contributed by atoms with Crippen LogP contribution in [0.1, 0.15) is 0 Å². The maximum Gasteiger partial charge on any atom is 0.234 e. The van der Waals surface area contributed by atoms with E-state index in [4.69, 9.17) is 9.97 Å². The number of hydrogen-bond acceptors (Lipinski definition) is 2. The van der Waals surface area contributed by atoms with Crippen LogP contribution in [0.25, 0.3) is 120 Å². The molecule has 13 rings (SSSR count). The lowest BCUT2D eigenvalue weighted by molar-refractivity contribution is 0.990. The molecule has 0 bridgehead atoms. The van der Waals surface area contributed by atoms with Gasteiger partial charge in [0.1, 0.15) is 0 Å². The third kappa shape index (κ3) is 4.18. The maximum absolute atomic E-state index is 4.76. The maximum atomic E-state index is 4.76. The zero-order chi connectivity index (χ0) is 37.9. The molecule has 0 saturated carbocycles. The summed E-state index contributed by atoms with van der Waals surface area (Å²) in [5.74, 6) is 0.658. The summed E-state index contributed by atoms with van der Waals surface area (Å²) >= 11 is 0. The Kier molecular flexibility index (Phi) is 6.41. The minimum atomic E-state index is 0.658. The average Bonchev–Trinajstić information content (AvgIpc) is 3.80. The zero-order valence-corrected chi connectivity index (χ0v) is 31.3. The predicted octanol–water partition coefficient (Wildman–Crippen LogP) is 14.1. The van der Waals surface area contributed by atoms with Gasteiger partial charge in [-0.3, -0.25) is 4.57 Å². The molecule has 0 unspecified atom stereocenters. The van der Waals surface area contributed by atoms with Gasteiger partial charge in [0.25, 0.3) is 0 Å². The Labute approximate surface area is 332 Å². The average molecular weight is 737 g/mol. The fourth-order valence-electron chi connectivity index (χ4n) is 10.1. The molecule has 2 aliphatic carbocycles. The number of nitrogens with zero attached hydrogens (tertiary/aromatic N) is 4. The van der Waals surface area contributed by atoms with Crippen LogP contribution >= 0.6 is 0 Å². The first-order valence-electron chi connectivity index (χ1n) is 19.8. The van der Waals surface area contributed by atoms with Crippen molar-refractivity contribution in [3.05, 3.63) is 194 Å². The third-order valence-electron chi connectivity index (χ3n) is 12.4. The SMILES string of the molecule is c1cnc(-n2c3ccccc3c3c2c2ccccc2n3-c2ccc3c(c2)c2cccc4c2-c2c(cccc2c2ccccc23)c2ccccc2c2ccccc42)nc1. The quantitative estimate of drug-likeness (QED) is 0.177. The topological polar surface area (TPSA) is 35.6 Å². The van der Waals surface area contributed by atoms with Crippen molar-refractivity contribution >= 4 is 97.5 Å². The van der Waals surface area contributed by atoms with Crippen molar-refractivity contribution in [3.63, 3.8) is 0 Å². The van der Waals surface area contributed by atoms with Gasteiger partial charge < -0.3 is 4.57 Å². The van der Waals surface area contributed by atoms with E-state index in [-0.39, 0.29) is 0 Å². The summed E-state index contributed by atoms with van der Waals surface area (Å²) in [5.41, 5.74) is 8.08. The lowest BCUT2D eigenvalue weighted by Crippen LogP contribution is -1.99. The van der Waals surface area contributed by atoms with E-state index in [0.29, 0.717) is 5.95 Å². The van der Waals surface area contributed by atoms with Gasteiger partial charge in [-0.05, 0) is 106 Å². The molecule has 8 aromatic carbocycles. The van der Waals surface area contributed by atoms with E-state index in [9.17, 15) is 0 Å². The Balaban J connectivity index is 1.27. The molecule has 3 aromatic heterocycles. The first-order valence-corrected chi connectivity index (χ1v) is 19.8. The fourth-order valence-corrected chi connectivity index (χ4v) is 10.1. The van der Waals surface area contributed by atoms with Gasteiger partial charge in [-0.15, -0.1) is 0 Å². The van der Waals surface area contributed by atoms with E-state index in [1.54, 1.807) is 0 Å². The highest BCUT2D eigenvalue weighted by Gasteiger charge is 2.24. The van der Waals surface area contributed by atoms with Gasteiger partial charge in [-0.25, -0.2) is 9.97 Å². The molecule has 4 nitrogen and oxygen atoms in total. The van der Waals surface area contributed by atoms with Gasteiger partial charge in [0.2, 0.25) is 5.95 Å². The Morgan fingerprint density at radius 3 is 1.14 bits per heavy atom. The molecule has 0 atom stereocenters. The molecule has 2 aliphatic rings. The van der Waals surface area contributed by atoms with Crippen molar-refractivity contribution in [1.82, 2.24) is 19.1 Å². The second-order valence-electron chi connectivity index (χ2n) is 15.3. The van der Waals surface area contributed by atoms with Crippen molar-refractivity contribution in [1.29, 1.82) is 0 Å². The fraction of sp³-hybridized carbons (Fsp3) is 0. The molecule has 0 saturated heterocycles. The van der Waals surface area contributed by atoms with Crippen LogP contribution in [-0.2, 0) is 0 Å². The van der Waals surface area contributed by atoms with Crippen LogP contribution in [0.15, 0.2) is 194 Å². The summed E-state index contributed by atoms with van der Waals surface area (Å²) < 4.78 is 4.68. The van der Waals surface area contributed by atoms with Crippen molar-refractivity contribution in [2.75, 3.05) is 0 Å². The second-order valence-corrected chi connectivity index (χ2v) is 15.3. The molecule has 4 heteroatoms. The molecule has 0 spiro atoms. The number of fused-ring (bicyclic) bond motifs is 15. The molecule has 0 fully saturated rings. The molecule has 0 radical (unpaired) electrons. The van der Waals surface area contributed by atoms with Crippen LogP contribution in [0.3, 0.4) is 0 Å². The molecular weight excluding hydrogens is 705 g/mol. The normalized spacial score (nSPS) is 12.1. The van der Waals surface area contributed by atoms with Crippen LogP contribution in [0.5, 0.6) is 0 Å². The number of para-hydroxylation sites is 2. The molecule has 0 aliphatic heterocycles. The van der Waals surface area contributed by atoms with Gasteiger partial charge in [0.05, 0.1) is 22.1 Å². The molecule has 0 amide bonds. The van der Waals surface area contributed by atoms with E-state index in [0.717, 1.165) is 38.5 Å². The largest absolute Gasteiger partial charge is 0.307 e. The van der Waals surface area contributed by atoms with Crippen molar-refractivity contribution < 1.29 is 0 Å². The van der Waals surface area contributed by atoms with E-state index in [1.165, 1.54) is 75.8 Å². The van der Waals surface area contributed by atoms with Crippen LogP contribution in [0.4, 0.5) is 0 Å².